The van der Waals surface area contributed by atoms with E-state index in [0.29, 0.717) is 11.3 Å². The highest BCUT2D eigenvalue weighted by atomic mass is 16.2. The third-order valence-corrected chi connectivity index (χ3v) is 6.56. The van der Waals surface area contributed by atoms with Crippen molar-refractivity contribution in [2.45, 2.75) is 19.3 Å². The Morgan fingerprint density at radius 2 is 1.66 bits per heavy atom. The number of aromatic nitrogens is 3. The summed E-state index contributed by atoms with van der Waals surface area (Å²) in [4.78, 5) is 22.5. The van der Waals surface area contributed by atoms with Crippen molar-refractivity contribution in [2.75, 3.05) is 32.7 Å². The van der Waals surface area contributed by atoms with Crippen molar-refractivity contribution in [3.05, 3.63) is 103 Å². The van der Waals surface area contributed by atoms with Crippen LogP contribution in [0.3, 0.4) is 0 Å². The number of benzene rings is 2. The van der Waals surface area contributed by atoms with Crippen LogP contribution in [0.5, 0.6) is 0 Å². The van der Waals surface area contributed by atoms with Gasteiger partial charge in [0.15, 0.2) is 0 Å². The van der Waals surface area contributed by atoms with Crippen LogP contribution in [0, 0.1) is 0 Å². The summed E-state index contributed by atoms with van der Waals surface area (Å²) in [6.45, 7) is 4.47. The first-order valence-corrected chi connectivity index (χ1v) is 12.4. The molecule has 0 unspecified atom stereocenters. The van der Waals surface area contributed by atoms with E-state index >= 15 is 0 Å². The highest BCUT2D eigenvalue weighted by molar-refractivity contribution is 6.00. The zero-order valence-electron chi connectivity index (χ0n) is 20.0. The van der Waals surface area contributed by atoms with E-state index in [9.17, 15) is 4.79 Å². The van der Waals surface area contributed by atoms with Gasteiger partial charge >= 0.3 is 0 Å². The van der Waals surface area contributed by atoms with Crippen molar-refractivity contribution >= 4 is 5.91 Å². The molecule has 0 saturated carbocycles. The molecule has 0 aliphatic carbocycles. The van der Waals surface area contributed by atoms with Crippen LogP contribution >= 0.6 is 0 Å². The van der Waals surface area contributed by atoms with Gasteiger partial charge < -0.3 is 9.80 Å². The standard InChI is InChI=1S/C29H31N5O/c35-29(33-19-9-18-32(20-21-33)17-8-12-24-10-3-1-4-11-24)27-23-34(26-14-5-2-6-15-26)31-28(27)25-13-7-16-30-22-25/h1-7,10-11,13-16,22-23H,8-9,12,17-21H2. The molecule has 1 aliphatic rings. The van der Waals surface area contributed by atoms with E-state index in [1.165, 1.54) is 5.56 Å². The Bertz CT molecular complexity index is 1220. The average molecular weight is 466 g/mol. The molecule has 1 aliphatic heterocycles. The molecular weight excluding hydrogens is 434 g/mol. The first-order chi connectivity index (χ1) is 17.3. The van der Waals surface area contributed by atoms with Crippen LogP contribution in [-0.4, -0.2) is 63.2 Å². The molecule has 0 N–H and O–H groups in total. The monoisotopic (exact) mass is 465 g/mol. The van der Waals surface area contributed by atoms with Crippen LogP contribution in [0.15, 0.2) is 91.4 Å². The Morgan fingerprint density at radius 1 is 0.857 bits per heavy atom. The maximum absolute atomic E-state index is 13.7. The predicted octanol–water partition coefficient (Wildman–Crippen LogP) is 4.72. The summed E-state index contributed by atoms with van der Waals surface area (Å²) in [5.74, 6) is 0.0390. The van der Waals surface area contributed by atoms with E-state index in [4.69, 9.17) is 5.10 Å². The van der Waals surface area contributed by atoms with E-state index < -0.39 is 0 Å². The lowest BCUT2D eigenvalue weighted by molar-refractivity contribution is 0.0762. The van der Waals surface area contributed by atoms with Crippen molar-refractivity contribution in [1.82, 2.24) is 24.6 Å². The highest BCUT2D eigenvalue weighted by Crippen LogP contribution is 2.25. The van der Waals surface area contributed by atoms with E-state index in [2.05, 4.69) is 40.2 Å². The number of carbonyl (C=O) groups is 1. The number of pyridine rings is 1. The fourth-order valence-corrected chi connectivity index (χ4v) is 4.68. The Morgan fingerprint density at radius 3 is 2.43 bits per heavy atom. The van der Waals surface area contributed by atoms with Gasteiger partial charge in [0.05, 0.1) is 11.3 Å². The van der Waals surface area contributed by atoms with Gasteiger partial charge in [0.2, 0.25) is 0 Å². The molecular formula is C29H31N5O. The minimum Gasteiger partial charge on any atom is -0.337 e. The van der Waals surface area contributed by atoms with E-state index in [1.54, 1.807) is 17.1 Å². The van der Waals surface area contributed by atoms with Gasteiger partial charge in [-0.1, -0.05) is 48.5 Å². The maximum Gasteiger partial charge on any atom is 0.257 e. The molecule has 0 spiro atoms. The smallest absolute Gasteiger partial charge is 0.257 e. The second-order valence-corrected chi connectivity index (χ2v) is 8.99. The molecule has 4 aromatic rings. The number of amides is 1. The lowest BCUT2D eigenvalue weighted by Crippen LogP contribution is -2.35. The number of hydrogen-bond acceptors (Lipinski definition) is 4. The number of carbonyl (C=O) groups excluding carboxylic acids is 1. The number of aryl methyl sites for hydroxylation is 1. The van der Waals surface area contributed by atoms with E-state index in [1.807, 2.05) is 53.6 Å². The second kappa shape index (κ2) is 11.1. The summed E-state index contributed by atoms with van der Waals surface area (Å²) in [7, 11) is 0. The SMILES string of the molecule is O=C(c1cn(-c2ccccc2)nc1-c1cccnc1)N1CCCN(CCCc2ccccc2)CC1. The van der Waals surface area contributed by atoms with Crippen molar-refractivity contribution < 1.29 is 4.79 Å². The van der Waals surface area contributed by atoms with Gasteiger partial charge in [-0.2, -0.15) is 5.10 Å². The Labute approximate surface area is 206 Å². The van der Waals surface area contributed by atoms with Gasteiger partial charge in [0.25, 0.3) is 5.91 Å². The maximum atomic E-state index is 13.7. The lowest BCUT2D eigenvalue weighted by atomic mass is 10.1. The van der Waals surface area contributed by atoms with Gasteiger partial charge in [-0.25, -0.2) is 4.68 Å². The van der Waals surface area contributed by atoms with Crippen molar-refractivity contribution in [3.63, 3.8) is 0 Å². The molecule has 35 heavy (non-hydrogen) atoms. The van der Waals surface area contributed by atoms with Gasteiger partial charge in [-0.3, -0.25) is 9.78 Å². The molecule has 0 atom stereocenters. The first-order valence-electron chi connectivity index (χ1n) is 12.4. The summed E-state index contributed by atoms with van der Waals surface area (Å²) in [6, 6.07) is 24.4. The Hall–Kier alpha value is -3.77. The normalized spacial score (nSPS) is 14.6. The number of nitrogens with zero attached hydrogens (tertiary/aromatic N) is 5. The summed E-state index contributed by atoms with van der Waals surface area (Å²) >= 11 is 0. The highest BCUT2D eigenvalue weighted by Gasteiger charge is 2.25. The number of para-hydroxylation sites is 1. The van der Waals surface area contributed by atoms with Crippen LogP contribution < -0.4 is 0 Å². The Kier molecular flexibility index (Phi) is 7.29. The van der Waals surface area contributed by atoms with Gasteiger partial charge in [0.1, 0.15) is 5.69 Å². The largest absolute Gasteiger partial charge is 0.337 e. The molecule has 1 fully saturated rings. The van der Waals surface area contributed by atoms with Crippen molar-refractivity contribution in [3.8, 4) is 16.9 Å². The predicted molar refractivity (Wildman–Crippen MR) is 139 cm³/mol. The lowest BCUT2D eigenvalue weighted by Gasteiger charge is -2.22. The van der Waals surface area contributed by atoms with Crippen LogP contribution in [0.25, 0.3) is 16.9 Å². The molecule has 3 heterocycles. The minimum absolute atomic E-state index is 0.0390. The molecule has 6 heteroatoms. The average Bonchev–Trinajstić information content (AvgIpc) is 3.23. The molecule has 178 valence electrons. The van der Waals surface area contributed by atoms with Crippen LogP contribution in [-0.2, 0) is 6.42 Å². The second-order valence-electron chi connectivity index (χ2n) is 8.99. The van der Waals surface area contributed by atoms with Gasteiger partial charge in [0, 0.05) is 43.8 Å². The summed E-state index contributed by atoms with van der Waals surface area (Å²) in [5, 5.41) is 4.79. The Balaban J connectivity index is 1.29. The minimum atomic E-state index is 0.0390. The summed E-state index contributed by atoms with van der Waals surface area (Å²) in [5.41, 5.74) is 4.47. The van der Waals surface area contributed by atoms with Crippen LogP contribution in [0.1, 0.15) is 28.8 Å². The van der Waals surface area contributed by atoms with Gasteiger partial charge in [-0.05, 0) is 62.2 Å². The van der Waals surface area contributed by atoms with Gasteiger partial charge in [-0.15, -0.1) is 0 Å². The molecule has 2 aromatic carbocycles. The van der Waals surface area contributed by atoms with E-state index in [-0.39, 0.29) is 5.91 Å². The van der Waals surface area contributed by atoms with Crippen LogP contribution in [0.2, 0.25) is 0 Å². The molecule has 5 rings (SSSR count). The van der Waals surface area contributed by atoms with E-state index in [0.717, 1.165) is 63.2 Å². The number of rotatable bonds is 7. The molecule has 0 bridgehead atoms. The number of hydrogen-bond donors (Lipinski definition) is 0. The topological polar surface area (TPSA) is 54.3 Å². The zero-order valence-corrected chi connectivity index (χ0v) is 20.0. The quantitative estimate of drug-likeness (QED) is 0.397. The third-order valence-electron chi connectivity index (χ3n) is 6.56. The zero-order chi connectivity index (χ0) is 23.9. The third kappa shape index (κ3) is 5.66. The van der Waals surface area contributed by atoms with Crippen LogP contribution in [0.4, 0.5) is 0 Å². The summed E-state index contributed by atoms with van der Waals surface area (Å²) < 4.78 is 1.79. The molecule has 6 nitrogen and oxygen atoms in total. The molecule has 2 aromatic heterocycles. The molecule has 1 amide bonds. The summed E-state index contributed by atoms with van der Waals surface area (Å²) in [6.07, 6.45) is 8.57. The molecule has 1 saturated heterocycles. The first kappa shape index (κ1) is 23.0. The van der Waals surface area contributed by atoms with Crippen molar-refractivity contribution in [1.29, 1.82) is 0 Å². The van der Waals surface area contributed by atoms with Crippen molar-refractivity contribution in [2.24, 2.45) is 0 Å². The fraction of sp³-hybridized carbons (Fsp3) is 0.276. The fourth-order valence-electron chi connectivity index (χ4n) is 4.68. The molecule has 0 radical (unpaired) electrons.